The van der Waals surface area contributed by atoms with Crippen molar-refractivity contribution in [3.8, 4) is 11.4 Å². The zero-order valence-electron chi connectivity index (χ0n) is 15.0. The molecule has 0 saturated heterocycles. The molecule has 0 aliphatic rings. The highest BCUT2D eigenvalue weighted by Crippen LogP contribution is 2.25. The van der Waals surface area contributed by atoms with Crippen LogP contribution >= 0.6 is 28.1 Å². The summed E-state index contributed by atoms with van der Waals surface area (Å²) in [6.07, 6.45) is 0. The van der Waals surface area contributed by atoms with Crippen LogP contribution in [0.4, 0.5) is 0 Å². The SMILES string of the molecule is Cc1cccc(-n2c(COc3ccc4cc(Br)ccc4c3)n[nH]c2=S)c1C. The standard InChI is InChI=1S/C21H18BrN3OS/c1-13-4-3-5-19(14(13)2)25-20(23-24-21(25)27)12-26-18-9-7-15-10-17(22)8-6-16(15)11-18/h3-11H,12H2,1-2H3,(H,24,27). The van der Waals surface area contributed by atoms with Crippen LogP contribution in [-0.2, 0) is 6.61 Å². The Kier molecular flexibility index (Phi) is 4.85. The van der Waals surface area contributed by atoms with Crippen molar-refractivity contribution in [1.29, 1.82) is 0 Å². The van der Waals surface area contributed by atoms with Crippen LogP contribution in [0.15, 0.2) is 59.1 Å². The molecule has 0 amide bonds. The van der Waals surface area contributed by atoms with Gasteiger partial charge in [0.05, 0.1) is 5.69 Å². The van der Waals surface area contributed by atoms with E-state index in [4.69, 9.17) is 17.0 Å². The summed E-state index contributed by atoms with van der Waals surface area (Å²) in [7, 11) is 0. The number of nitrogens with one attached hydrogen (secondary N) is 1. The molecule has 4 aromatic rings. The predicted octanol–water partition coefficient (Wildman–Crippen LogP) is 6.04. The summed E-state index contributed by atoms with van der Waals surface area (Å²) >= 11 is 8.95. The first-order valence-electron chi connectivity index (χ1n) is 8.58. The second-order valence-corrected chi connectivity index (χ2v) is 7.74. The maximum absolute atomic E-state index is 6.01. The van der Waals surface area contributed by atoms with Crippen LogP contribution in [0.2, 0.25) is 0 Å². The van der Waals surface area contributed by atoms with Crippen LogP contribution in [-0.4, -0.2) is 14.8 Å². The summed E-state index contributed by atoms with van der Waals surface area (Å²) in [6, 6.07) is 18.4. The van der Waals surface area contributed by atoms with Gasteiger partial charge in [0.15, 0.2) is 10.6 Å². The van der Waals surface area contributed by atoms with Crippen LogP contribution in [0.25, 0.3) is 16.5 Å². The van der Waals surface area contributed by atoms with E-state index in [-0.39, 0.29) is 0 Å². The highest BCUT2D eigenvalue weighted by atomic mass is 79.9. The first-order chi connectivity index (χ1) is 13.0. The molecule has 0 aliphatic carbocycles. The molecule has 3 aromatic carbocycles. The molecule has 6 heteroatoms. The summed E-state index contributed by atoms with van der Waals surface area (Å²) in [5.74, 6) is 1.54. The van der Waals surface area contributed by atoms with Crippen molar-refractivity contribution in [3.05, 3.63) is 80.8 Å². The zero-order chi connectivity index (χ0) is 19.0. The zero-order valence-corrected chi connectivity index (χ0v) is 17.4. The lowest BCUT2D eigenvalue weighted by molar-refractivity contribution is 0.293. The first kappa shape index (κ1) is 17.9. The molecule has 4 nitrogen and oxygen atoms in total. The molecule has 0 aliphatic heterocycles. The van der Waals surface area contributed by atoms with Gasteiger partial charge in [-0.1, -0.05) is 40.2 Å². The summed E-state index contributed by atoms with van der Waals surface area (Å²) in [6.45, 7) is 4.50. The second-order valence-electron chi connectivity index (χ2n) is 6.44. The smallest absolute Gasteiger partial charge is 0.199 e. The monoisotopic (exact) mass is 439 g/mol. The van der Waals surface area contributed by atoms with Gasteiger partial charge in [0.2, 0.25) is 0 Å². The van der Waals surface area contributed by atoms with E-state index >= 15 is 0 Å². The summed E-state index contributed by atoms with van der Waals surface area (Å²) in [4.78, 5) is 0. The first-order valence-corrected chi connectivity index (χ1v) is 9.78. The lowest BCUT2D eigenvalue weighted by Crippen LogP contribution is -2.07. The van der Waals surface area contributed by atoms with Gasteiger partial charge in [0.1, 0.15) is 12.4 Å². The van der Waals surface area contributed by atoms with Crippen molar-refractivity contribution < 1.29 is 4.74 Å². The van der Waals surface area contributed by atoms with E-state index in [1.54, 1.807) is 0 Å². The number of benzene rings is 3. The van der Waals surface area contributed by atoms with E-state index in [1.807, 2.05) is 34.9 Å². The molecule has 0 fully saturated rings. The third-order valence-electron chi connectivity index (χ3n) is 4.70. The number of aryl methyl sites for hydroxylation is 1. The van der Waals surface area contributed by atoms with Gasteiger partial charge in [-0.2, -0.15) is 5.10 Å². The quantitative estimate of drug-likeness (QED) is 0.394. The summed E-state index contributed by atoms with van der Waals surface area (Å²) in [5.41, 5.74) is 3.41. The van der Waals surface area contributed by atoms with Crippen molar-refractivity contribution in [2.24, 2.45) is 0 Å². The van der Waals surface area contributed by atoms with Crippen molar-refractivity contribution in [3.63, 3.8) is 0 Å². The van der Waals surface area contributed by atoms with E-state index < -0.39 is 0 Å². The van der Waals surface area contributed by atoms with Crippen molar-refractivity contribution in [2.45, 2.75) is 20.5 Å². The number of nitrogens with zero attached hydrogens (tertiary/aromatic N) is 2. The number of hydrogen-bond acceptors (Lipinski definition) is 3. The maximum atomic E-state index is 6.01. The van der Waals surface area contributed by atoms with Crippen molar-refractivity contribution in [2.75, 3.05) is 0 Å². The molecule has 1 N–H and O–H groups in total. The van der Waals surface area contributed by atoms with Gasteiger partial charge < -0.3 is 4.74 Å². The predicted molar refractivity (Wildman–Crippen MR) is 114 cm³/mol. The van der Waals surface area contributed by atoms with Gasteiger partial charge in [-0.15, -0.1) is 0 Å². The van der Waals surface area contributed by atoms with E-state index in [0.29, 0.717) is 11.4 Å². The highest BCUT2D eigenvalue weighted by Gasteiger charge is 2.12. The summed E-state index contributed by atoms with van der Waals surface area (Å²) in [5, 5.41) is 9.54. The van der Waals surface area contributed by atoms with Gasteiger partial charge in [-0.25, -0.2) is 0 Å². The molecule has 0 unspecified atom stereocenters. The van der Waals surface area contributed by atoms with Crippen LogP contribution in [0, 0.1) is 18.6 Å². The minimum Gasteiger partial charge on any atom is -0.486 e. The number of halogens is 1. The fraction of sp³-hybridized carbons (Fsp3) is 0.143. The normalized spacial score (nSPS) is 11.1. The third kappa shape index (κ3) is 3.55. The fourth-order valence-corrected chi connectivity index (χ4v) is 3.71. The molecule has 1 heterocycles. The number of ether oxygens (including phenoxy) is 1. The average Bonchev–Trinajstić information content (AvgIpc) is 3.02. The van der Waals surface area contributed by atoms with Gasteiger partial charge in [-0.05, 0) is 78.3 Å². The Morgan fingerprint density at radius 3 is 2.70 bits per heavy atom. The minimum atomic E-state index is 0.322. The Morgan fingerprint density at radius 1 is 1.07 bits per heavy atom. The molecule has 0 spiro atoms. The van der Waals surface area contributed by atoms with Crippen LogP contribution in [0.5, 0.6) is 5.75 Å². The molecule has 0 radical (unpaired) electrons. The minimum absolute atomic E-state index is 0.322. The molecule has 0 bridgehead atoms. The Morgan fingerprint density at radius 2 is 1.85 bits per heavy atom. The number of H-pyrrole nitrogens is 1. The summed E-state index contributed by atoms with van der Waals surface area (Å²) < 4.78 is 9.58. The lowest BCUT2D eigenvalue weighted by atomic mass is 10.1. The lowest BCUT2D eigenvalue weighted by Gasteiger charge is -2.12. The Bertz CT molecular complexity index is 1200. The van der Waals surface area contributed by atoms with Crippen molar-refractivity contribution in [1.82, 2.24) is 14.8 Å². The third-order valence-corrected chi connectivity index (χ3v) is 5.47. The average molecular weight is 440 g/mol. The molecule has 1 aromatic heterocycles. The van der Waals surface area contributed by atoms with E-state index in [1.165, 1.54) is 11.1 Å². The molecular formula is C21H18BrN3OS. The molecule has 0 atom stereocenters. The van der Waals surface area contributed by atoms with E-state index in [2.05, 4.69) is 64.2 Å². The largest absolute Gasteiger partial charge is 0.486 e. The van der Waals surface area contributed by atoms with Crippen LogP contribution in [0.1, 0.15) is 17.0 Å². The Labute approximate surface area is 170 Å². The van der Waals surface area contributed by atoms with Gasteiger partial charge in [-0.3, -0.25) is 9.67 Å². The molecule has 0 saturated carbocycles. The van der Waals surface area contributed by atoms with Crippen molar-refractivity contribution >= 4 is 38.9 Å². The van der Waals surface area contributed by atoms with E-state index in [0.717, 1.165) is 32.5 Å². The molecular weight excluding hydrogens is 422 g/mol. The molecule has 136 valence electrons. The van der Waals surface area contributed by atoms with Crippen LogP contribution < -0.4 is 4.74 Å². The Hall–Kier alpha value is -2.44. The fourth-order valence-electron chi connectivity index (χ4n) is 3.09. The van der Waals surface area contributed by atoms with Gasteiger partial charge in [0, 0.05) is 4.47 Å². The highest BCUT2D eigenvalue weighted by molar-refractivity contribution is 9.10. The molecule has 4 rings (SSSR count). The van der Waals surface area contributed by atoms with Gasteiger partial charge >= 0.3 is 0 Å². The number of aromatic nitrogens is 3. The van der Waals surface area contributed by atoms with Crippen LogP contribution in [0.3, 0.4) is 0 Å². The topological polar surface area (TPSA) is 42.8 Å². The number of rotatable bonds is 4. The maximum Gasteiger partial charge on any atom is 0.199 e. The van der Waals surface area contributed by atoms with E-state index in [9.17, 15) is 0 Å². The number of hydrogen-bond donors (Lipinski definition) is 1. The molecule has 27 heavy (non-hydrogen) atoms. The second kappa shape index (κ2) is 7.29. The van der Waals surface area contributed by atoms with Gasteiger partial charge in [0.25, 0.3) is 0 Å². The number of fused-ring (bicyclic) bond motifs is 1. The Balaban J connectivity index is 1.64. The number of aromatic amines is 1.